The number of aromatic amines is 1. The Bertz CT molecular complexity index is 1200. The molecule has 1 amide bonds. The van der Waals surface area contributed by atoms with Crippen LogP contribution in [-0.2, 0) is 16.0 Å². The lowest BCUT2D eigenvalue weighted by Gasteiger charge is -2.18. The van der Waals surface area contributed by atoms with E-state index in [2.05, 4.69) is 4.98 Å². The minimum Gasteiger partial charge on any atom is -0.462 e. The molecule has 154 valence electrons. The summed E-state index contributed by atoms with van der Waals surface area (Å²) in [6.45, 7) is 1.82. The van der Waals surface area contributed by atoms with Crippen molar-refractivity contribution in [1.82, 2.24) is 9.88 Å². The molecular weight excluding hydrogens is 397 g/mol. The molecule has 0 atom stereocenters. The summed E-state index contributed by atoms with van der Waals surface area (Å²) in [5, 5.41) is 0.575. The first-order chi connectivity index (χ1) is 14.4. The maximum absolute atomic E-state index is 14.2. The highest BCUT2D eigenvalue weighted by Gasteiger charge is 2.29. The quantitative estimate of drug-likeness (QED) is 0.654. The molecule has 1 N–H and O–H groups in total. The van der Waals surface area contributed by atoms with Crippen LogP contribution in [0.2, 0.25) is 0 Å². The summed E-state index contributed by atoms with van der Waals surface area (Å²) in [6.07, 6.45) is 1.53. The van der Waals surface area contributed by atoms with Crippen LogP contribution in [0, 0.1) is 17.5 Å². The zero-order chi connectivity index (χ0) is 21.4. The average molecular weight is 414 g/mol. The number of esters is 1. The van der Waals surface area contributed by atoms with Gasteiger partial charge in [-0.3, -0.25) is 4.79 Å². The van der Waals surface area contributed by atoms with Crippen molar-refractivity contribution >= 4 is 28.4 Å². The standard InChI is InChI=1S/C22H17F3N2O3/c1-2-30-22(29)16-11-27(21(28)14-4-3-5-17(24)19(14)25)9-8-13-15-10-12(23)6-7-18(15)26-20(13)16/h3-7,10-11,26H,2,8-9H2,1H3. The fraction of sp³-hybridized carbons (Fsp3) is 0.182. The van der Waals surface area contributed by atoms with Crippen LogP contribution in [-0.4, -0.2) is 34.9 Å². The zero-order valence-electron chi connectivity index (χ0n) is 16.0. The number of ether oxygens (including phenoxy) is 1. The molecule has 0 saturated carbocycles. The molecule has 0 unspecified atom stereocenters. The lowest BCUT2D eigenvalue weighted by molar-refractivity contribution is -0.136. The number of rotatable bonds is 3. The Kier molecular flexibility index (Phi) is 5.07. The number of carbonyl (C=O) groups excluding carboxylic acids is 2. The Labute approximate surface area is 169 Å². The molecule has 0 fully saturated rings. The summed E-state index contributed by atoms with van der Waals surface area (Å²) in [4.78, 5) is 29.7. The molecule has 0 aliphatic carbocycles. The third kappa shape index (κ3) is 3.34. The van der Waals surface area contributed by atoms with Crippen molar-refractivity contribution in [3.63, 3.8) is 0 Å². The van der Waals surface area contributed by atoms with Gasteiger partial charge >= 0.3 is 5.97 Å². The molecule has 0 spiro atoms. The molecule has 0 bridgehead atoms. The van der Waals surface area contributed by atoms with Gasteiger partial charge in [0.1, 0.15) is 5.82 Å². The van der Waals surface area contributed by atoms with E-state index in [1.807, 2.05) is 0 Å². The highest BCUT2D eigenvalue weighted by atomic mass is 19.2. The third-order valence-electron chi connectivity index (χ3n) is 4.96. The van der Waals surface area contributed by atoms with Gasteiger partial charge in [0.25, 0.3) is 5.91 Å². The number of halogens is 3. The van der Waals surface area contributed by atoms with E-state index in [1.165, 1.54) is 30.5 Å². The lowest BCUT2D eigenvalue weighted by Crippen LogP contribution is -2.29. The molecule has 30 heavy (non-hydrogen) atoms. The number of benzene rings is 2. The van der Waals surface area contributed by atoms with Crippen molar-refractivity contribution in [2.75, 3.05) is 13.2 Å². The van der Waals surface area contributed by atoms with Gasteiger partial charge in [-0.05, 0) is 49.2 Å². The molecule has 1 aromatic heterocycles. The van der Waals surface area contributed by atoms with Gasteiger partial charge in [0.05, 0.1) is 23.4 Å². The zero-order valence-corrected chi connectivity index (χ0v) is 16.0. The van der Waals surface area contributed by atoms with Gasteiger partial charge in [-0.1, -0.05) is 6.07 Å². The molecular formula is C22H17F3N2O3. The number of H-pyrrole nitrogens is 1. The average Bonchev–Trinajstić information content (AvgIpc) is 2.95. The number of carbonyl (C=O) groups is 2. The predicted molar refractivity (Wildman–Crippen MR) is 104 cm³/mol. The smallest absolute Gasteiger partial charge is 0.341 e. The van der Waals surface area contributed by atoms with Crippen LogP contribution in [0.3, 0.4) is 0 Å². The third-order valence-corrected chi connectivity index (χ3v) is 4.96. The van der Waals surface area contributed by atoms with E-state index in [4.69, 9.17) is 4.74 Å². The van der Waals surface area contributed by atoms with E-state index < -0.39 is 34.9 Å². The van der Waals surface area contributed by atoms with Crippen LogP contribution in [0.4, 0.5) is 13.2 Å². The normalized spacial score (nSPS) is 13.6. The molecule has 1 aliphatic heterocycles. The molecule has 0 radical (unpaired) electrons. The summed E-state index contributed by atoms with van der Waals surface area (Å²) in [5.41, 5.74) is 1.28. The molecule has 8 heteroatoms. The second kappa shape index (κ2) is 7.70. The monoisotopic (exact) mass is 414 g/mol. The number of fused-ring (bicyclic) bond motifs is 3. The van der Waals surface area contributed by atoms with Crippen molar-refractivity contribution in [1.29, 1.82) is 0 Å². The Hall–Kier alpha value is -3.55. The molecule has 2 aromatic carbocycles. The van der Waals surface area contributed by atoms with Crippen molar-refractivity contribution in [2.45, 2.75) is 13.3 Å². The van der Waals surface area contributed by atoms with Crippen LogP contribution in [0.15, 0.2) is 42.6 Å². The molecule has 2 heterocycles. The first kappa shape index (κ1) is 19.8. The summed E-state index contributed by atoms with van der Waals surface area (Å²) in [5.74, 6) is -4.33. The maximum Gasteiger partial charge on any atom is 0.341 e. The van der Waals surface area contributed by atoms with E-state index >= 15 is 0 Å². The summed E-state index contributed by atoms with van der Waals surface area (Å²) < 4.78 is 46.7. The van der Waals surface area contributed by atoms with Crippen LogP contribution in [0.5, 0.6) is 0 Å². The van der Waals surface area contributed by atoms with Crippen LogP contribution < -0.4 is 0 Å². The molecule has 5 nitrogen and oxygen atoms in total. The van der Waals surface area contributed by atoms with Gasteiger partial charge < -0.3 is 14.6 Å². The fourth-order valence-electron chi connectivity index (χ4n) is 3.57. The van der Waals surface area contributed by atoms with Gasteiger partial charge in [0.2, 0.25) is 0 Å². The summed E-state index contributed by atoms with van der Waals surface area (Å²) >= 11 is 0. The highest BCUT2D eigenvalue weighted by molar-refractivity contribution is 6.18. The fourth-order valence-corrected chi connectivity index (χ4v) is 3.57. The van der Waals surface area contributed by atoms with E-state index in [9.17, 15) is 22.8 Å². The van der Waals surface area contributed by atoms with Crippen molar-refractivity contribution in [3.05, 3.63) is 76.9 Å². The van der Waals surface area contributed by atoms with Gasteiger partial charge in [0.15, 0.2) is 11.6 Å². The van der Waals surface area contributed by atoms with E-state index in [-0.39, 0.29) is 25.1 Å². The predicted octanol–water partition coefficient (Wildman–Crippen LogP) is 4.19. The van der Waals surface area contributed by atoms with E-state index in [0.717, 1.165) is 11.0 Å². The number of nitrogens with zero attached hydrogens (tertiary/aromatic N) is 1. The number of nitrogens with one attached hydrogen (secondary N) is 1. The largest absolute Gasteiger partial charge is 0.462 e. The maximum atomic E-state index is 14.2. The lowest BCUT2D eigenvalue weighted by atomic mass is 10.0. The first-order valence-corrected chi connectivity index (χ1v) is 9.35. The van der Waals surface area contributed by atoms with Crippen LogP contribution in [0.1, 0.15) is 28.5 Å². The van der Waals surface area contributed by atoms with Crippen LogP contribution in [0.25, 0.3) is 16.5 Å². The minimum absolute atomic E-state index is 0.0473. The minimum atomic E-state index is -1.26. The number of aromatic nitrogens is 1. The molecule has 3 aromatic rings. The first-order valence-electron chi connectivity index (χ1n) is 9.35. The molecule has 0 saturated heterocycles. The van der Waals surface area contributed by atoms with Crippen molar-refractivity contribution < 1.29 is 27.5 Å². The van der Waals surface area contributed by atoms with Gasteiger partial charge in [-0.15, -0.1) is 0 Å². The Balaban J connectivity index is 1.83. The van der Waals surface area contributed by atoms with Crippen LogP contribution >= 0.6 is 0 Å². The Morgan fingerprint density at radius 3 is 2.73 bits per heavy atom. The SMILES string of the molecule is CCOC(=O)C1=CN(C(=O)c2cccc(F)c2F)CCc2c1[nH]c1ccc(F)cc21. The highest BCUT2D eigenvalue weighted by Crippen LogP contribution is 2.32. The summed E-state index contributed by atoms with van der Waals surface area (Å²) in [7, 11) is 0. The topological polar surface area (TPSA) is 62.4 Å². The molecule has 1 aliphatic rings. The summed E-state index contributed by atoms with van der Waals surface area (Å²) in [6, 6.07) is 7.53. The van der Waals surface area contributed by atoms with Gasteiger partial charge in [-0.2, -0.15) is 0 Å². The van der Waals surface area contributed by atoms with Gasteiger partial charge in [0, 0.05) is 23.6 Å². The molecule has 4 rings (SSSR count). The second-order valence-corrected chi connectivity index (χ2v) is 6.78. The van der Waals surface area contributed by atoms with Crippen molar-refractivity contribution in [2.24, 2.45) is 0 Å². The number of amides is 1. The van der Waals surface area contributed by atoms with E-state index in [0.29, 0.717) is 22.2 Å². The number of hydrogen-bond acceptors (Lipinski definition) is 3. The van der Waals surface area contributed by atoms with Crippen molar-refractivity contribution in [3.8, 4) is 0 Å². The second-order valence-electron chi connectivity index (χ2n) is 6.78. The number of hydrogen-bond donors (Lipinski definition) is 1. The Morgan fingerprint density at radius 2 is 1.97 bits per heavy atom. The van der Waals surface area contributed by atoms with E-state index in [1.54, 1.807) is 13.0 Å². The Morgan fingerprint density at radius 1 is 1.17 bits per heavy atom. The van der Waals surface area contributed by atoms with Gasteiger partial charge in [-0.25, -0.2) is 18.0 Å².